The molecular weight excluding hydrogens is 584 g/mol. The summed E-state index contributed by atoms with van der Waals surface area (Å²) < 4.78 is 6.14. The summed E-state index contributed by atoms with van der Waals surface area (Å²) in [6.45, 7) is 13.1. The Morgan fingerprint density at radius 3 is 2.56 bits per heavy atom. The molecule has 0 aromatic rings. The van der Waals surface area contributed by atoms with Crippen LogP contribution in [0.25, 0.3) is 0 Å². The number of fused-ring (bicyclic) bond motifs is 5. The van der Waals surface area contributed by atoms with Crippen molar-refractivity contribution in [3.8, 4) is 0 Å². The van der Waals surface area contributed by atoms with E-state index in [0.717, 1.165) is 30.1 Å². The molecule has 1 unspecified atom stereocenters. The monoisotopic (exact) mass is 642 g/mol. The molecule has 0 aliphatic heterocycles. The number of likely N-dealkylation sites (N-methyl/N-ethyl adjacent to an activating group) is 1. The lowest BCUT2D eigenvalue weighted by Gasteiger charge is -2.60. The summed E-state index contributed by atoms with van der Waals surface area (Å²) in [5.41, 5.74) is 1.46. The summed E-state index contributed by atoms with van der Waals surface area (Å²) in [5.74, 6) is 4.18. The molecule has 1 amide bonds. The van der Waals surface area contributed by atoms with E-state index in [9.17, 15) is 9.90 Å². The van der Waals surface area contributed by atoms with E-state index in [4.69, 9.17) is 14.9 Å². The van der Waals surface area contributed by atoms with E-state index >= 15 is 0 Å². The van der Waals surface area contributed by atoms with Crippen LogP contribution in [0.4, 0.5) is 4.79 Å². The molecule has 4 aliphatic carbocycles. The van der Waals surface area contributed by atoms with Gasteiger partial charge in [0.05, 0.1) is 6.10 Å². The Bertz CT molecular complexity index is 899. The number of carbonyl (C=O) groups is 1. The van der Waals surface area contributed by atoms with E-state index in [-0.39, 0.29) is 35.0 Å². The van der Waals surface area contributed by atoms with Crippen molar-refractivity contribution in [2.75, 3.05) is 26.7 Å². The van der Waals surface area contributed by atoms with Gasteiger partial charge in [0, 0.05) is 31.5 Å². The van der Waals surface area contributed by atoms with E-state index in [0.29, 0.717) is 43.2 Å². The number of aliphatic hydroxyl groups is 3. The maximum atomic E-state index is 12.9. The van der Waals surface area contributed by atoms with Crippen molar-refractivity contribution >= 4 is 23.1 Å². The lowest BCUT2D eigenvalue weighted by Crippen LogP contribution is -2.57. The molecule has 0 saturated heterocycles. The minimum atomic E-state index is -1.40. The van der Waals surface area contributed by atoms with Gasteiger partial charge in [-0.2, -0.15) is 0 Å². The molecule has 0 bridgehead atoms. The zero-order chi connectivity index (χ0) is 29.2. The van der Waals surface area contributed by atoms with Crippen molar-refractivity contribution in [1.82, 2.24) is 10.2 Å². The van der Waals surface area contributed by atoms with Gasteiger partial charge in [-0.25, -0.2) is 4.79 Å². The molecule has 238 valence electrons. The van der Waals surface area contributed by atoms with Crippen molar-refractivity contribution in [1.29, 1.82) is 0 Å². The van der Waals surface area contributed by atoms with Gasteiger partial charge in [0.15, 0.2) is 6.29 Å². The molecule has 4 rings (SSSR count). The second-order valence-corrected chi connectivity index (χ2v) is 14.8. The highest BCUT2D eigenvalue weighted by Crippen LogP contribution is 2.67. The molecule has 3 saturated carbocycles. The molecule has 0 radical (unpaired) electrons. The highest BCUT2D eigenvalue weighted by molar-refractivity contribution is 8.93. The Hall–Kier alpha value is -0.670. The molecule has 0 spiro atoms. The predicted molar refractivity (Wildman–Crippen MR) is 169 cm³/mol. The smallest absolute Gasteiger partial charge is 0.407 e. The first-order valence-corrected chi connectivity index (χ1v) is 16.2. The predicted octanol–water partition coefficient (Wildman–Crippen LogP) is 5.91. The van der Waals surface area contributed by atoms with Crippen molar-refractivity contribution < 1.29 is 24.9 Å². The zero-order valence-electron chi connectivity index (χ0n) is 26.5. The highest BCUT2D eigenvalue weighted by atomic mass is 79.9. The maximum Gasteiger partial charge on any atom is 0.407 e. The number of carbonyl (C=O) groups excluding carboxylic acids is 1. The molecule has 0 aromatic heterocycles. The van der Waals surface area contributed by atoms with Gasteiger partial charge in [0.1, 0.15) is 6.10 Å². The Morgan fingerprint density at radius 1 is 1.15 bits per heavy atom. The van der Waals surface area contributed by atoms with E-state index in [1.807, 2.05) is 0 Å². The van der Waals surface area contributed by atoms with Crippen molar-refractivity contribution in [3.05, 3.63) is 11.6 Å². The van der Waals surface area contributed by atoms with Gasteiger partial charge in [0.2, 0.25) is 0 Å². The highest BCUT2D eigenvalue weighted by Gasteiger charge is 2.61. The van der Waals surface area contributed by atoms with Crippen molar-refractivity contribution in [2.24, 2.45) is 46.3 Å². The molecule has 41 heavy (non-hydrogen) atoms. The third-order valence-corrected chi connectivity index (χ3v) is 11.8. The third kappa shape index (κ3) is 7.53. The van der Waals surface area contributed by atoms with E-state index in [2.05, 4.69) is 46.0 Å². The minimum absolute atomic E-state index is 0. The fourth-order valence-corrected chi connectivity index (χ4v) is 9.76. The van der Waals surface area contributed by atoms with Gasteiger partial charge in [-0.05, 0) is 86.5 Å². The summed E-state index contributed by atoms with van der Waals surface area (Å²) in [4.78, 5) is 14.7. The van der Waals surface area contributed by atoms with E-state index in [1.165, 1.54) is 50.5 Å². The molecule has 7 nitrogen and oxygen atoms in total. The van der Waals surface area contributed by atoms with Crippen LogP contribution in [0.3, 0.4) is 0 Å². The van der Waals surface area contributed by atoms with Crippen LogP contribution >= 0.6 is 17.0 Å². The summed E-state index contributed by atoms with van der Waals surface area (Å²) in [5, 5.41) is 31.9. The fraction of sp³-hybridized carbons (Fsp3) is 0.909. The normalized spacial score (nSPS) is 37.1. The average molecular weight is 644 g/mol. The average Bonchev–Trinajstić information content (AvgIpc) is 3.21. The topological polar surface area (TPSA) is 102 Å². The number of alkyl carbamates (subject to hydrolysis) is 1. The number of rotatable bonds is 11. The molecular formula is C33H59BrN2O5. The van der Waals surface area contributed by atoms with Gasteiger partial charge >= 0.3 is 6.09 Å². The quantitative estimate of drug-likeness (QED) is 0.165. The van der Waals surface area contributed by atoms with Crippen LogP contribution in [0.5, 0.6) is 0 Å². The molecule has 9 atom stereocenters. The number of allylic oxidation sites excluding steroid dienone is 1. The first kappa shape index (κ1) is 34.8. The van der Waals surface area contributed by atoms with Crippen LogP contribution in [0.15, 0.2) is 11.6 Å². The standard InChI is InChI=1S/C33H58N2O5.BrH/c1-21(2)8-7-9-22(3)26-12-13-27-25-11-10-23-18-24(36)19-29(33(23,5)28(25)14-15-32(26,27)4)40-31(39)34-16-17-35(6)20-30(37)38;/h10,21-22,24-30,36-38H,7-9,11-20H2,1-6H3,(H,34,39);1H/t22-,24-,25+,26-,27+,28+,29?,32-,33+;/m1./s1. The number of aliphatic hydroxyl groups excluding tert-OH is 2. The van der Waals surface area contributed by atoms with Crippen LogP contribution in [0.2, 0.25) is 0 Å². The molecule has 8 heteroatoms. The number of hydrogen-bond acceptors (Lipinski definition) is 6. The number of halogens is 1. The second kappa shape index (κ2) is 14.4. The van der Waals surface area contributed by atoms with Crippen LogP contribution < -0.4 is 5.32 Å². The van der Waals surface area contributed by atoms with Gasteiger partial charge in [-0.1, -0.05) is 65.5 Å². The van der Waals surface area contributed by atoms with Crippen molar-refractivity contribution in [3.63, 3.8) is 0 Å². The van der Waals surface area contributed by atoms with Gasteiger partial charge in [0.25, 0.3) is 0 Å². The summed E-state index contributed by atoms with van der Waals surface area (Å²) in [6, 6.07) is 0. The van der Waals surface area contributed by atoms with Crippen molar-refractivity contribution in [2.45, 2.75) is 117 Å². The Balaban J connectivity index is 0.00000462. The summed E-state index contributed by atoms with van der Waals surface area (Å²) >= 11 is 0. The largest absolute Gasteiger partial charge is 0.445 e. The molecule has 3 fully saturated rings. The number of ether oxygens (including phenoxy) is 1. The Labute approximate surface area is 259 Å². The fourth-order valence-electron chi connectivity index (χ4n) is 9.76. The van der Waals surface area contributed by atoms with Gasteiger partial charge in [-0.3, -0.25) is 4.90 Å². The maximum absolute atomic E-state index is 12.9. The lowest BCUT2D eigenvalue weighted by atomic mass is 9.46. The summed E-state index contributed by atoms with van der Waals surface area (Å²) in [7, 11) is 1.78. The minimum Gasteiger partial charge on any atom is -0.445 e. The molecule has 4 N–H and O–H groups in total. The second-order valence-electron chi connectivity index (χ2n) is 14.8. The number of hydrogen-bond donors (Lipinski definition) is 4. The van der Waals surface area contributed by atoms with Crippen LogP contribution in [0, 0.1) is 46.3 Å². The van der Waals surface area contributed by atoms with E-state index < -0.39 is 18.5 Å². The molecule has 4 aliphatic rings. The Morgan fingerprint density at radius 2 is 1.88 bits per heavy atom. The number of amides is 1. The number of nitrogens with one attached hydrogen (secondary N) is 1. The third-order valence-electron chi connectivity index (χ3n) is 11.8. The summed E-state index contributed by atoms with van der Waals surface area (Å²) in [6.07, 6.45) is 11.1. The Kier molecular flexibility index (Phi) is 12.2. The molecule has 0 heterocycles. The van der Waals surface area contributed by atoms with E-state index in [1.54, 1.807) is 11.9 Å². The van der Waals surface area contributed by atoms with Crippen LogP contribution in [-0.2, 0) is 4.74 Å². The van der Waals surface area contributed by atoms with Gasteiger partial charge in [-0.15, -0.1) is 17.0 Å². The first-order valence-electron chi connectivity index (χ1n) is 16.2. The van der Waals surface area contributed by atoms with Gasteiger partial charge < -0.3 is 25.4 Å². The SMILES string of the molecule is Br.CC(C)CCC[C@@H](C)[C@H]1CC[C@H]2[C@@H]3CC=C4C[C@@H](O)CC(OC(=O)NCCN(C)CC(O)O)[C@]4(C)[C@H]3CC[C@]12C. The molecule has 0 aromatic carbocycles. The first-order chi connectivity index (χ1) is 18.9. The zero-order valence-corrected chi connectivity index (χ0v) is 28.2. The van der Waals surface area contributed by atoms with Crippen LogP contribution in [0.1, 0.15) is 98.8 Å². The van der Waals surface area contributed by atoms with Crippen LogP contribution in [-0.4, -0.2) is 71.5 Å². The number of nitrogens with zero attached hydrogens (tertiary/aromatic N) is 1. The lowest BCUT2D eigenvalue weighted by molar-refractivity contribution is -0.110.